The van der Waals surface area contributed by atoms with Crippen LogP contribution >= 0.6 is 0 Å². The Balaban J connectivity index is 1.41. The highest BCUT2D eigenvalue weighted by Crippen LogP contribution is 2.19. The molecule has 2 aromatic heterocycles. The Bertz CT molecular complexity index is 754. The van der Waals surface area contributed by atoms with E-state index < -0.39 is 0 Å². The van der Waals surface area contributed by atoms with Crippen molar-refractivity contribution in [2.45, 2.75) is 32.3 Å². The lowest BCUT2D eigenvalue weighted by Crippen LogP contribution is -2.37. The zero-order valence-corrected chi connectivity index (χ0v) is 14.6. The molecule has 25 heavy (non-hydrogen) atoms. The van der Waals surface area contributed by atoms with E-state index in [0.29, 0.717) is 17.4 Å². The Morgan fingerprint density at radius 2 is 2.20 bits per heavy atom. The van der Waals surface area contributed by atoms with Gasteiger partial charge >= 0.3 is 0 Å². The first kappa shape index (κ1) is 16.5. The van der Waals surface area contributed by atoms with E-state index in [-0.39, 0.29) is 5.91 Å². The Morgan fingerprint density at radius 3 is 3.04 bits per heavy atom. The van der Waals surface area contributed by atoms with Crippen LogP contribution in [0.4, 0.5) is 0 Å². The van der Waals surface area contributed by atoms with Gasteiger partial charge in [0.05, 0.1) is 22.7 Å². The van der Waals surface area contributed by atoms with Gasteiger partial charge in [-0.2, -0.15) is 0 Å². The molecule has 0 spiro atoms. The first-order valence-electron chi connectivity index (χ1n) is 9.06. The van der Waals surface area contributed by atoms with E-state index in [9.17, 15) is 4.79 Å². The molecule has 0 N–H and O–H groups in total. The van der Waals surface area contributed by atoms with Gasteiger partial charge in [-0.15, -0.1) is 0 Å². The van der Waals surface area contributed by atoms with Crippen molar-refractivity contribution in [2.75, 3.05) is 39.3 Å². The van der Waals surface area contributed by atoms with Crippen LogP contribution in [0.15, 0.2) is 16.8 Å². The first-order valence-corrected chi connectivity index (χ1v) is 9.06. The Hall–Kier alpha value is -1.99. The lowest BCUT2D eigenvalue weighted by atomic mass is 10.2. The summed E-state index contributed by atoms with van der Waals surface area (Å²) in [5, 5.41) is 4.71. The van der Waals surface area contributed by atoms with E-state index in [1.807, 2.05) is 17.9 Å². The van der Waals surface area contributed by atoms with Crippen LogP contribution in [0.3, 0.4) is 0 Å². The van der Waals surface area contributed by atoms with Crippen molar-refractivity contribution in [3.05, 3.63) is 23.5 Å². The van der Waals surface area contributed by atoms with E-state index in [2.05, 4.69) is 15.0 Å². The Morgan fingerprint density at radius 1 is 1.28 bits per heavy atom. The lowest BCUT2D eigenvalue weighted by molar-refractivity contribution is 0.0704. The van der Waals surface area contributed by atoms with Gasteiger partial charge < -0.3 is 14.2 Å². The van der Waals surface area contributed by atoms with Gasteiger partial charge in [0.25, 0.3) is 11.6 Å². The quantitative estimate of drug-likeness (QED) is 0.846. The monoisotopic (exact) mass is 344 g/mol. The SMILES string of the molecule is Cc1noc2ncc(C(=O)N3CCCN(CC4CCCO4)CC3)cc12. The number of carbonyl (C=O) groups excluding carboxylic acids is 1. The van der Waals surface area contributed by atoms with E-state index in [1.165, 1.54) is 6.42 Å². The molecule has 1 unspecified atom stereocenters. The predicted molar refractivity (Wildman–Crippen MR) is 92.5 cm³/mol. The van der Waals surface area contributed by atoms with E-state index in [1.54, 1.807) is 6.20 Å². The molecule has 2 aliphatic heterocycles. The molecule has 0 radical (unpaired) electrons. The van der Waals surface area contributed by atoms with Crippen molar-refractivity contribution in [1.29, 1.82) is 0 Å². The zero-order valence-electron chi connectivity index (χ0n) is 14.6. The maximum atomic E-state index is 12.9. The number of aryl methyl sites for hydroxylation is 1. The predicted octanol–water partition coefficient (Wildman–Crippen LogP) is 1.86. The molecule has 0 bridgehead atoms. The summed E-state index contributed by atoms with van der Waals surface area (Å²) in [5.74, 6) is 0.0361. The Labute approximate surface area is 146 Å². The summed E-state index contributed by atoms with van der Waals surface area (Å²) in [4.78, 5) is 21.5. The number of ether oxygens (including phenoxy) is 1. The van der Waals surface area contributed by atoms with Crippen molar-refractivity contribution in [3.63, 3.8) is 0 Å². The summed E-state index contributed by atoms with van der Waals surface area (Å²) in [5.41, 5.74) is 1.84. The van der Waals surface area contributed by atoms with E-state index >= 15 is 0 Å². The number of rotatable bonds is 3. The van der Waals surface area contributed by atoms with Crippen LogP contribution in [0.1, 0.15) is 35.3 Å². The second-order valence-electron chi connectivity index (χ2n) is 6.93. The fourth-order valence-electron chi connectivity index (χ4n) is 3.68. The highest BCUT2D eigenvalue weighted by atomic mass is 16.5. The average Bonchev–Trinajstić information content (AvgIpc) is 3.20. The maximum Gasteiger partial charge on any atom is 0.257 e. The molecule has 7 nitrogen and oxygen atoms in total. The summed E-state index contributed by atoms with van der Waals surface area (Å²) < 4.78 is 10.9. The number of aromatic nitrogens is 2. The molecule has 2 aliphatic rings. The summed E-state index contributed by atoms with van der Waals surface area (Å²) >= 11 is 0. The van der Waals surface area contributed by atoms with Crippen LogP contribution in [-0.4, -0.2) is 71.3 Å². The topological polar surface area (TPSA) is 71.7 Å². The van der Waals surface area contributed by atoms with Gasteiger partial charge in [-0.3, -0.25) is 9.69 Å². The number of pyridine rings is 1. The van der Waals surface area contributed by atoms with Crippen LogP contribution in [0.2, 0.25) is 0 Å². The van der Waals surface area contributed by atoms with Crippen LogP contribution in [0.25, 0.3) is 11.1 Å². The van der Waals surface area contributed by atoms with Gasteiger partial charge in [-0.05, 0) is 38.8 Å². The second kappa shape index (κ2) is 7.09. The fraction of sp³-hybridized carbons (Fsp3) is 0.611. The summed E-state index contributed by atoms with van der Waals surface area (Å²) in [6.45, 7) is 7.17. The molecule has 4 heterocycles. The third-order valence-corrected chi connectivity index (χ3v) is 5.12. The molecule has 2 fully saturated rings. The average molecular weight is 344 g/mol. The van der Waals surface area contributed by atoms with Crippen LogP contribution < -0.4 is 0 Å². The molecule has 134 valence electrons. The minimum absolute atomic E-state index is 0.0361. The molecule has 0 aliphatic carbocycles. The molecule has 7 heteroatoms. The molecular formula is C18H24N4O3. The van der Waals surface area contributed by atoms with Gasteiger partial charge in [0, 0.05) is 39.0 Å². The molecule has 0 saturated carbocycles. The van der Waals surface area contributed by atoms with Crippen molar-refractivity contribution in [2.24, 2.45) is 0 Å². The van der Waals surface area contributed by atoms with E-state index in [4.69, 9.17) is 9.26 Å². The number of amides is 1. The van der Waals surface area contributed by atoms with Gasteiger partial charge in [0.1, 0.15) is 0 Å². The minimum atomic E-state index is 0.0361. The standard InChI is InChI=1S/C18H24N4O3/c1-13-16-10-14(11-19-17(16)25-20-13)18(23)22-6-3-5-21(7-8-22)12-15-4-2-9-24-15/h10-11,15H,2-9,12H2,1H3. The normalized spacial score (nSPS) is 22.4. The molecule has 2 saturated heterocycles. The van der Waals surface area contributed by atoms with Crippen molar-refractivity contribution < 1.29 is 14.1 Å². The van der Waals surface area contributed by atoms with Gasteiger partial charge in [0.2, 0.25) is 0 Å². The number of fused-ring (bicyclic) bond motifs is 1. The third-order valence-electron chi connectivity index (χ3n) is 5.12. The van der Waals surface area contributed by atoms with Gasteiger partial charge in [-0.25, -0.2) is 4.98 Å². The van der Waals surface area contributed by atoms with Crippen LogP contribution in [0, 0.1) is 6.92 Å². The summed E-state index contributed by atoms with van der Waals surface area (Å²) in [7, 11) is 0. The highest BCUT2D eigenvalue weighted by molar-refractivity contribution is 5.97. The number of hydrogen-bond acceptors (Lipinski definition) is 6. The first-order chi connectivity index (χ1) is 12.2. The number of hydrogen-bond donors (Lipinski definition) is 0. The third kappa shape index (κ3) is 3.52. The molecule has 4 rings (SSSR count). The Kier molecular flexibility index (Phi) is 4.67. The molecule has 0 aromatic carbocycles. The smallest absolute Gasteiger partial charge is 0.257 e. The molecule has 2 aromatic rings. The fourth-order valence-corrected chi connectivity index (χ4v) is 3.68. The molecule has 1 amide bonds. The molecule has 1 atom stereocenters. The number of carbonyl (C=O) groups is 1. The maximum absolute atomic E-state index is 12.9. The van der Waals surface area contributed by atoms with E-state index in [0.717, 1.165) is 63.3 Å². The molecular weight excluding hydrogens is 320 g/mol. The largest absolute Gasteiger partial charge is 0.377 e. The van der Waals surface area contributed by atoms with Gasteiger partial charge in [-0.1, -0.05) is 5.16 Å². The lowest BCUT2D eigenvalue weighted by Gasteiger charge is -2.24. The van der Waals surface area contributed by atoms with Crippen LogP contribution in [0.5, 0.6) is 0 Å². The number of nitrogens with zero attached hydrogens (tertiary/aromatic N) is 4. The highest BCUT2D eigenvalue weighted by Gasteiger charge is 2.24. The zero-order chi connectivity index (χ0) is 17.2. The van der Waals surface area contributed by atoms with Crippen LogP contribution in [-0.2, 0) is 4.74 Å². The van der Waals surface area contributed by atoms with Gasteiger partial charge in [0.15, 0.2) is 0 Å². The van der Waals surface area contributed by atoms with Crippen molar-refractivity contribution in [1.82, 2.24) is 19.9 Å². The summed E-state index contributed by atoms with van der Waals surface area (Å²) in [6, 6.07) is 1.84. The minimum Gasteiger partial charge on any atom is -0.377 e. The van der Waals surface area contributed by atoms with Crippen molar-refractivity contribution in [3.8, 4) is 0 Å². The van der Waals surface area contributed by atoms with Crippen molar-refractivity contribution >= 4 is 17.0 Å². The second-order valence-corrected chi connectivity index (χ2v) is 6.93. The summed E-state index contributed by atoms with van der Waals surface area (Å²) in [6.07, 6.45) is 5.26.